The lowest BCUT2D eigenvalue weighted by Crippen LogP contribution is -2.31. The van der Waals surface area contributed by atoms with E-state index in [-0.39, 0.29) is 5.41 Å². The highest BCUT2D eigenvalue weighted by molar-refractivity contribution is 5.19. The van der Waals surface area contributed by atoms with Crippen molar-refractivity contribution in [2.24, 2.45) is 11.1 Å². The second-order valence-electron chi connectivity index (χ2n) is 5.16. The fourth-order valence-electron chi connectivity index (χ4n) is 2.62. The molecule has 0 spiro atoms. The molecule has 0 aromatic heterocycles. The molecule has 2 nitrogen and oxygen atoms in total. The molecule has 0 aromatic carbocycles. The summed E-state index contributed by atoms with van der Waals surface area (Å²) in [5.41, 5.74) is 7.35. The van der Waals surface area contributed by atoms with Crippen LogP contribution in [-0.4, -0.2) is 19.9 Å². The minimum Gasteiger partial charge on any atom is -0.403 e. The Morgan fingerprint density at radius 1 is 1.40 bits per heavy atom. The summed E-state index contributed by atoms with van der Waals surface area (Å²) >= 11 is 0. The van der Waals surface area contributed by atoms with Crippen molar-refractivity contribution >= 4 is 0 Å². The van der Waals surface area contributed by atoms with E-state index in [1.165, 1.54) is 13.0 Å². The summed E-state index contributed by atoms with van der Waals surface area (Å²) in [4.78, 5) is 0. The smallest absolute Gasteiger partial charge is 0.116 e. The maximum absolute atomic E-state index is 13.1. The maximum atomic E-state index is 13.1. The normalized spacial score (nSPS) is 18.1. The van der Waals surface area contributed by atoms with E-state index < -0.39 is 12.8 Å². The first-order valence-corrected chi connectivity index (χ1v) is 7.08. The summed E-state index contributed by atoms with van der Waals surface area (Å²) in [5, 5.41) is 3.12. The molecule has 0 amide bonds. The van der Waals surface area contributed by atoms with Crippen molar-refractivity contribution in [3.05, 3.63) is 35.7 Å². The van der Waals surface area contributed by atoms with Crippen LogP contribution >= 0.6 is 0 Å². The zero-order chi connectivity index (χ0) is 15.6. The van der Waals surface area contributed by atoms with E-state index in [9.17, 15) is 8.78 Å². The van der Waals surface area contributed by atoms with E-state index >= 15 is 0 Å². The zero-order valence-corrected chi connectivity index (χ0v) is 13.0. The Labute approximate surface area is 121 Å². The average molecular weight is 286 g/mol. The van der Waals surface area contributed by atoms with Gasteiger partial charge in [-0.2, -0.15) is 0 Å². The number of allylic oxidation sites excluding steroid dienone is 5. The van der Waals surface area contributed by atoms with Crippen LogP contribution in [-0.2, 0) is 0 Å². The summed E-state index contributed by atoms with van der Waals surface area (Å²) < 4.78 is 25.4. The van der Waals surface area contributed by atoms with E-state index in [4.69, 9.17) is 5.73 Å². The number of nitrogens with one attached hydrogen (secondary N) is 1. The molecule has 0 rings (SSSR count). The maximum Gasteiger partial charge on any atom is 0.116 e. The minimum absolute atomic E-state index is 0.245. The van der Waals surface area contributed by atoms with Gasteiger partial charge >= 0.3 is 0 Å². The number of hydrogen-bond donors (Lipinski definition) is 2. The molecule has 116 valence electrons. The third-order valence-corrected chi connectivity index (χ3v) is 3.58. The molecule has 0 saturated carbocycles. The van der Waals surface area contributed by atoms with Gasteiger partial charge in [-0.1, -0.05) is 30.7 Å². The van der Waals surface area contributed by atoms with Crippen LogP contribution in [0.3, 0.4) is 0 Å². The van der Waals surface area contributed by atoms with Crippen molar-refractivity contribution < 1.29 is 8.78 Å². The van der Waals surface area contributed by atoms with Gasteiger partial charge < -0.3 is 11.1 Å². The van der Waals surface area contributed by atoms with E-state index in [0.717, 1.165) is 17.7 Å². The highest BCUT2D eigenvalue weighted by Gasteiger charge is 2.31. The Balaban J connectivity index is 5.36. The fraction of sp³-hybridized carbons (Fsp3) is 0.625. The molecule has 0 radical (unpaired) electrons. The second kappa shape index (κ2) is 9.56. The van der Waals surface area contributed by atoms with Gasteiger partial charge in [0, 0.05) is 24.4 Å². The highest BCUT2D eigenvalue weighted by Crippen LogP contribution is 2.40. The van der Waals surface area contributed by atoms with Crippen molar-refractivity contribution in [2.75, 3.05) is 13.7 Å². The average Bonchev–Trinajstić information content (AvgIpc) is 2.38. The molecule has 3 N–H and O–H groups in total. The summed E-state index contributed by atoms with van der Waals surface area (Å²) in [6, 6.07) is 0. The van der Waals surface area contributed by atoms with Crippen molar-refractivity contribution in [1.29, 1.82) is 0 Å². The fourth-order valence-corrected chi connectivity index (χ4v) is 2.62. The second-order valence-corrected chi connectivity index (χ2v) is 5.16. The van der Waals surface area contributed by atoms with Gasteiger partial charge in [0.15, 0.2) is 0 Å². The van der Waals surface area contributed by atoms with Crippen LogP contribution < -0.4 is 11.1 Å². The molecule has 0 heterocycles. The molecule has 0 aliphatic heterocycles. The van der Waals surface area contributed by atoms with Crippen LogP contribution in [0.2, 0.25) is 0 Å². The van der Waals surface area contributed by atoms with Gasteiger partial charge in [0.2, 0.25) is 0 Å². The van der Waals surface area contributed by atoms with Gasteiger partial charge in [-0.3, -0.25) is 0 Å². The lowest BCUT2D eigenvalue weighted by atomic mass is 9.73. The molecule has 2 unspecified atom stereocenters. The first kappa shape index (κ1) is 18.7. The molecule has 0 bridgehead atoms. The number of alkyl halides is 2. The molecule has 2 atom stereocenters. The molecule has 20 heavy (non-hydrogen) atoms. The van der Waals surface area contributed by atoms with Gasteiger partial charge in [-0.15, -0.1) is 0 Å². The van der Waals surface area contributed by atoms with Gasteiger partial charge in [0.25, 0.3) is 0 Å². The van der Waals surface area contributed by atoms with Crippen LogP contribution in [0.15, 0.2) is 35.7 Å². The van der Waals surface area contributed by atoms with Crippen LogP contribution in [0.1, 0.15) is 40.0 Å². The summed E-state index contributed by atoms with van der Waals surface area (Å²) in [5.74, 6) is 0. The molecule has 0 aliphatic rings. The van der Waals surface area contributed by atoms with E-state index in [0.29, 0.717) is 12.8 Å². The first-order chi connectivity index (χ1) is 9.45. The molecule has 0 saturated heterocycles. The lowest BCUT2D eigenvalue weighted by Gasteiger charge is -2.35. The Hall–Kier alpha value is -1.32. The van der Waals surface area contributed by atoms with Crippen LogP contribution in [0.4, 0.5) is 8.78 Å². The predicted molar refractivity (Wildman–Crippen MR) is 82.7 cm³/mol. The van der Waals surface area contributed by atoms with Crippen molar-refractivity contribution in [1.82, 2.24) is 5.32 Å². The third kappa shape index (κ3) is 5.76. The summed E-state index contributed by atoms with van der Waals surface area (Å²) in [6.45, 7) is 5.02. The quantitative estimate of drug-likeness (QED) is 0.628. The SMILES string of the molecule is CCC(C/C=C/CF)(C/C(C)=C/C(C)F)/C(=C/N)NC. The molecular weight excluding hydrogens is 258 g/mol. The van der Waals surface area contributed by atoms with Crippen molar-refractivity contribution in [2.45, 2.75) is 46.2 Å². The Morgan fingerprint density at radius 3 is 2.45 bits per heavy atom. The van der Waals surface area contributed by atoms with Crippen LogP contribution in [0.25, 0.3) is 0 Å². The van der Waals surface area contributed by atoms with E-state index in [1.54, 1.807) is 12.3 Å². The topological polar surface area (TPSA) is 38.0 Å². The molecule has 0 aliphatic carbocycles. The number of halogens is 2. The Morgan fingerprint density at radius 2 is 2.05 bits per heavy atom. The standard InChI is InChI=1S/C16H28F2N2/c1-5-16(8-6-7-9-17,15(12-19)20-4)11-13(2)10-14(3)18/h6-7,10,12,14,20H,5,8-9,11,19H2,1-4H3/b7-6+,13-10+,15-12-. The van der Waals surface area contributed by atoms with Gasteiger partial charge in [0.1, 0.15) is 12.8 Å². The molecule has 0 aromatic rings. The number of nitrogens with two attached hydrogens (primary N) is 1. The van der Waals surface area contributed by atoms with Gasteiger partial charge in [-0.25, -0.2) is 8.78 Å². The van der Waals surface area contributed by atoms with Crippen LogP contribution in [0, 0.1) is 5.41 Å². The first-order valence-electron chi connectivity index (χ1n) is 7.08. The van der Waals surface area contributed by atoms with E-state index in [1.807, 2.05) is 20.0 Å². The summed E-state index contributed by atoms with van der Waals surface area (Å²) in [7, 11) is 1.82. The zero-order valence-electron chi connectivity index (χ0n) is 13.0. The molecular formula is C16H28F2N2. The Bertz CT molecular complexity index is 359. The van der Waals surface area contributed by atoms with E-state index in [2.05, 4.69) is 12.2 Å². The van der Waals surface area contributed by atoms with Gasteiger partial charge in [-0.05, 0) is 33.1 Å². The third-order valence-electron chi connectivity index (χ3n) is 3.58. The van der Waals surface area contributed by atoms with Crippen LogP contribution in [0.5, 0.6) is 0 Å². The highest BCUT2D eigenvalue weighted by atomic mass is 19.1. The lowest BCUT2D eigenvalue weighted by molar-refractivity contribution is 0.320. The van der Waals surface area contributed by atoms with Gasteiger partial charge in [0.05, 0.1) is 0 Å². The molecule has 4 heteroatoms. The predicted octanol–water partition coefficient (Wildman–Crippen LogP) is 4.01. The minimum atomic E-state index is -0.967. The van der Waals surface area contributed by atoms with Crippen molar-refractivity contribution in [3.63, 3.8) is 0 Å². The summed E-state index contributed by atoms with van der Waals surface area (Å²) in [6.07, 6.45) is 7.74. The van der Waals surface area contributed by atoms with Crippen molar-refractivity contribution in [3.8, 4) is 0 Å². The molecule has 0 fully saturated rings. The number of rotatable bonds is 9. The largest absolute Gasteiger partial charge is 0.403 e. The Kier molecular flexibility index (Phi) is 8.93. The monoisotopic (exact) mass is 286 g/mol. The number of hydrogen-bond acceptors (Lipinski definition) is 2.